The summed E-state index contributed by atoms with van der Waals surface area (Å²) in [5, 5.41) is 14.9. The molecular formula is C21H25N3O4. The fraction of sp³-hybridized carbons (Fsp3) is 0.381. The normalized spacial score (nSPS) is 18.6. The van der Waals surface area contributed by atoms with Crippen LogP contribution >= 0.6 is 0 Å². The molecule has 28 heavy (non-hydrogen) atoms. The number of aliphatic hydroxyl groups excluding tert-OH is 1. The van der Waals surface area contributed by atoms with Gasteiger partial charge >= 0.3 is 0 Å². The largest absolute Gasteiger partial charge is 0.393 e. The van der Waals surface area contributed by atoms with Gasteiger partial charge in [0.25, 0.3) is 17.4 Å². The van der Waals surface area contributed by atoms with Crippen LogP contribution in [0.3, 0.4) is 0 Å². The summed E-state index contributed by atoms with van der Waals surface area (Å²) in [6.45, 7) is 0.725. The average Bonchev–Trinajstić information content (AvgIpc) is 3.13. The van der Waals surface area contributed by atoms with Crippen LogP contribution in [0, 0.1) is 5.92 Å². The molecular weight excluding hydrogens is 358 g/mol. The first-order chi connectivity index (χ1) is 13.5. The van der Waals surface area contributed by atoms with E-state index in [-0.39, 0.29) is 35.6 Å². The molecule has 0 saturated heterocycles. The third-order valence-corrected chi connectivity index (χ3v) is 5.08. The Labute approximate surface area is 163 Å². The molecule has 3 N–H and O–H groups in total. The Kier molecular flexibility index (Phi) is 6.26. The molecule has 1 aromatic carbocycles. The summed E-state index contributed by atoms with van der Waals surface area (Å²) < 4.78 is 1.38. The number of hydrogen-bond acceptors (Lipinski definition) is 4. The lowest BCUT2D eigenvalue weighted by molar-refractivity contribution is 0.0944. The molecule has 0 aliphatic heterocycles. The van der Waals surface area contributed by atoms with Crippen molar-refractivity contribution in [2.24, 2.45) is 5.92 Å². The molecule has 3 rings (SSSR count). The zero-order chi connectivity index (χ0) is 20.1. The molecule has 148 valence electrons. The Hall–Kier alpha value is -2.93. The first-order valence-corrected chi connectivity index (χ1v) is 9.44. The van der Waals surface area contributed by atoms with Crippen molar-refractivity contribution in [3.63, 3.8) is 0 Å². The molecule has 7 nitrogen and oxygen atoms in total. The highest BCUT2D eigenvalue weighted by molar-refractivity contribution is 5.99. The highest BCUT2D eigenvalue weighted by atomic mass is 16.3. The number of carbonyl (C=O) groups is 2. The predicted molar refractivity (Wildman–Crippen MR) is 105 cm³/mol. The maximum Gasteiger partial charge on any atom is 0.263 e. The van der Waals surface area contributed by atoms with Gasteiger partial charge in [0.05, 0.1) is 18.2 Å². The van der Waals surface area contributed by atoms with Crippen LogP contribution in [0.25, 0.3) is 0 Å². The zero-order valence-corrected chi connectivity index (χ0v) is 15.9. The van der Waals surface area contributed by atoms with E-state index < -0.39 is 11.5 Å². The third kappa shape index (κ3) is 4.67. The van der Waals surface area contributed by atoms with E-state index in [1.807, 2.05) is 30.3 Å². The van der Waals surface area contributed by atoms with E-state index in [2.05, 4.69) is 10.6 Å². The monoisotopic (exact) mass is 383 g/mol. The number of hydrogen-bond donors (Lipinski definition) is 3. The number of nitrogens with one attached hydrogen (secondary N) is 2. The lowest BCUT2D eigenvalue weighted by Crippen LogP contribution is -2.34. The van der Waals surface area contributed by atoms with E-state index in [4.69, 9.17) is 0 Å². The molecule has 2 amide bonds. The number of carbonyl (C=O) groups excluding carboxylic acids is 2. The first-order valence-electron chi connectivity index (χ1n) is 9.44. The summed E-state index contributed by atoms with van der Waals surface area (Å²) in [7, 11) is 1.45. The topological polar surface area (TPSA) is 100 Å². The van der Waals surface area contributed by atoms with Gasteiger partial charge in [0.1, 0.15) is 5.56 Å². The van der Waals surface area contributed by atoms with Crippen molar-refractivity contribution in [2.45, 2.75) is 31.9 Å². The lowest BCUT2D eigenvalue weighted by Gasteiger charge is -2.14. The van der Waals surface area contributed by atoms with Gasteiger partial charge in [-0.1, -0.05) is 30.3 Å². The predicted octanol–water partition coefficient (Wildman–Crippen LogP) is 1.15. The molecule has 2 aromatic rings. The van der Waals surface area contributed by atoms with E-state index in [0.29, 0.717) is 13.0 Å². The zero-order valence-electron chi connectivity index (χ0n) is 15.9. The minimum Gasteiger partial charge on any atom is -0.393 e. The molecule has 0 spiro atoms. The minimum absolute atomic E-state index is 0.0673. The summed E-state index contributed by atoms with van der Waals surface area (Å²) >= 11 is 0. The maximum absolute atomic E-state index is 12.7. The van der Waals surface area contributed by atoms with Crippen molar-refractivity contribution in [2.75, 3.05) is 13.6 Å². The van der Waals surface area contributed by atoms with Crippen LogP contribution in [-0.2, 0) is 6.54 Å². The van der Waals surface area contributed by atoms with Gasteiger partial charge in [-0.25, -0.2) is 0 Å². The van der Waals surface area contributed by atoms with Gasteiger partial charge in [0.15, 0.2) is 0 Å². The van der Waals surface area contributed by atoms with Crippen LogP contribution < -0.4 is 16.2 Å². The van der Waals surface area contributed by atoms with Crippen LogP contribution in [-0.4, -0.2) is 41.2 Å². The fourth-order valence-corrected chi connectivity index (χ4v) is 3.53. The van der Waals surface area contributed by atoms with E-state index in [1.54, 1.807) is 0 Å². The average molecular weight is 383 g/mol. The number of nitrogens with zero attached hydrogens (tertiary/aromatic N) is 1. The quantitative estimate of drug-likeness (QED) is 0.697. The Morgan fingerprint density at radius 3 is 2.57 bits per heavy atom. The number of aromatic nitrogens is 1. The van der Waals surface area contributed by atoms with Crippen molar-refractivity contribution in [1.29, 1.82) is 0 Å². The molecule has 1 aliphatic carbocycles. The van der Waals surface area contributed by atoms with Gasteiger partial charge in [-0.3, -0.25) is 14.4 Å². The lowest BCUT2D eigenvalue weighted by atomic mass is 10.1. The number of pyridine rings is 1. The van der Waals surface area contributed by atoms with Gasteiger partial charge in [0.2, 0.25) is 0 Å². The second-order valence-electron chi connectivity index (χ2n) is 7.18. The minimum atomic E-state index is -0.527. The van der Waals surface area contributed by atoms with E-state index in [0.717, 1.165) is 18.4 Å². The SMILES string of the molecule is CNC(=O)c1cc(C(=O)NC[C@@H]2CC[C@@H](O)C2)cn(Cc2ccccc2)c1=O. The summed E-state index contributed by atoms with van der Waals surface area (Å²) in [6, 6.07) is 10.7. The molecule has 1 fully saturated rings. The smallest absolute Gasteiger partial charge is 0.263 e. The van der Waals surface area contributed by atoms with E-state index in [9.17, 15) is 19.5 Å². The van der Waals surface area contributed by atoms with Crippen LogP contribution in [0.5, 0.6) is 0 Å². The van der Waals surface area contributed by atoms with Crippen molar-refractivity contribution < 1.29 is 14.7 Å². The molecule has 0 bridgehead atoms. The molecule has 0 unspecified atom stereocenters. The van der Waals surface area contributed by atoms with Crippen molar-refractivity contribution in [3.8, 4) is 0 Å². The Bertz CT molecular complexity index is 908. The standard InChI is InChI=1S/C21H25N3O4/c1-22-20(27)18-10-16(19(26)23-11-15-7-8-17(25)9-15)13-24(21(18)28)12-14-5-3-2-4-6-14/h2-6,10,13,15,17,25H,7-9,11-12H2,1H3,(H,22,27)(H,23,26)/t15-,17-/m1/s1. The number of rotatable bonds is 6. The van der Waals surface area contributed by atoms with Crippen LogP contribution in [0.2, 0.25) is 0 Å². The molecule has 7 heteroatoms. The van der Waals surface area contributed by atoms with Crippen LogP contribution in [0.4, 0.5) is 0 Å². The molecule has 1 aromatic heterocycles. The van der Waals surface area contributed by atoms with Crippen LogP contribution in [0.1, 0.15) is 45.5 Å². The Balaban J connectivity index is 1.85. The number of benzene rings is 1. The second kappa shape index (κ2) is 8.84. The fourth-order valence-electron chi connectivity index (χ4n) is 3.53. The summed E-state index contributed by atoms with van der Waals surface area (Å²) in [4.78, 5) is 37.5. The van der Waals surface area contributed by atoms with Crippen LogP contribution in [0.15, 0.2) is 47.4 Å². The van der Waals surface area contributed by atoms with Gasteiger partial charge in [-0.15, -0.1) is 0 Å². The molecule has 1 heterocycles. The van der Waals surface area contributed by atoms with E-state index >= 15 is 0 Å². The van der Waals surface area contributed by atoms with Crippen molar-refractivity contribution in [1.82, 2.24) is 15.2 Å². The Morgan fingerprint density at radius 1 is 1.18 bits per heavy atom. The van der Waals surface area contributed by atoms with Crippen molar-refractivity contribution in [3.05, 3.63) is 69.6 Å². The maximum atomic E-state index is 12.7. The Morgan fingerprint density at radius 2 is 1.93 bits per heavy atom. The first kappa shape index (κ1) is 19.8. The highest BCUT2D eigenvalue weighted by Crippen LogP contribution is 2.24. The van der Waals surface area contributed by atoms with Gasteiger partial charge in [-0.2, -0.15) is 0 Å². The second-order valence-corrected chi connectivity index (χ2v) is 7.18. The number of amides is 2. The number of aliphatic hydroxyl groups is 1. The van der Waals surface area contributed by atoms with Crippen molar-refractivity contribution >= 4 is 11.8 Å². The molecule has 0 radical (unpaired) electrons. The summed E-state index contributed by atoms with van der Waals surface area (Å²) in [5.74, 6) is -0.624. The van der Waals surface area contributed by atoms with E-state index in [1.165, 1.54) is 23.9 Å². The summed E-state index contributed by atoms with van der Waals surface area (Å²) in [6.07, 6.45) is 3.49. The van der Waals surface area contributed by atoms with Gasteiger partial charge < -0.3 is 20.3 Å². The van der Waals surface area contributed by atoms with Gasteiger partial charge in [0, 0.05) is 19.8 Å². The van der Waals surface area contributed by atoms with Gasteiger partial charge in [-0.05, 0) is 36.8 Å². The molecule has 1 saturated carbocycles. The molecule has 1 aliphatic rings. The highest BCUT2D eigenvalue weighted by Gasteiger charge is 2.23. The third-order valence-electron chi connectivity index (χ3n) is 5.08. The summed E-state index contributed by atoms with van der Waals surface area (Å²) in [5.41, 5.74) is 0.638. The molecule has 2 atom stereocenters.